The van der Waals surface area contributed by atoms with Gasteiger partial charge in [-0.15, -0.1) is 0 Å². The van der Waals surface area contributed by atoms with Crippen molar-refractivity contribution in [2.24, 2.45) is 5.92 Å². The first-order valence-corrected chi connectivity index (χ1v) is 9.32. The molecule has 1 aliphatic rings. The number of nitrogens with zero attached hydrogens (tertiary/aromatic N) is 1. The number of amides is 1. The van der Waals surface area contributed by atoms with Crippen LogP contribution in [0.3, 0.4) is 0 Å². The minimum Gasteiger partial charge on any atom is -0.342 e. The van der Waals surface area contributed by atoms with Gasteiger partial charge >= 0.3 is 0 Å². The van der Waals surface area contributed by atoms with Crippen molar-refractivity contribution < 1.29 is 4.79 Å². The third-order valence-electron chi connectivity index (χ3n) is 5.19. The standard InChI is InChI=1S/C22H28N2O/c1-18(21-10-6-3-7-11-21)23-17-22(25)24-14-12-20(13-15-24)16-19-8-4-2-5-9-19/h2-11,18,20,23H,12-17H2,1H3. The van der Waals surface area contributed by atoms with Gasteiger partial charge in [0.15, 0.2) is 0 Å². The van der Waals surface area contributed by atoms with Crippen molar-refractivity contribution in [1.82, 2.24) is 10.2 Å². The van der Waals surface area contributed by atoms with Crippen molar-refractivity contribution in [3.05, 3.63) is 71.8 Å². The first kappa shape index (κ1) is 17.7. The fourth-order valence-corrected chi connectivity index (χ4v) is 3.55. The fraction of sp³-hybridized carbons (Fsp3) is 0.409. The zero-order valence-corrected chi connectivity index (χ0v) is 15.0. The molecule has 0 aliphatic carbocycles. The zero-order valence-electron chi connectivity index (χ0n) is 15.0. The Morgan fingerprint density at radius 1 is 1.04 bits per heavy atom. The van der Waals surface area contributed by atoms with E-state index in [4.69, 9.17) is 0 Å². The van der Waals surface area contributed by atoms with E-state index in [1.807, 2.05) is 23.1 Å². The summed E-state index contributed by atoms with van der Waals surface area (Å²) in [5, 5.41) is 3.36. The van der Waals surface area contributed by atoms with E-state index >= 15 is 0 Å². The molecule has 1 aliphatic heterocycles. The van der Waals surface area contributed by atoms with Gasteiger partial charge in [-0.25, -0.2) is 0 Å². The molecule has 3 nitrogen and oxygen atoms in total. The van der Waals surface area contributed by atoms with Gasteiger partial charge in [-0.1, -0.05) is 60.7 Å². The molecule has 0 radical (unpaired) electrons. The second-order valence-corrected chi connectivity index (χ2v) is 7.03. The molecule has 3 rings (SSSR count). The number of carbonyl (C=O) groups excluding carboxylic acids is 1. The number of benzene rings is 2. The van der Waals surface area contributed by atoms with E-state index in [2.05, 4.69) is 54.7 Å². The van der Waals surface area contributed by atoms with Gasteiger partial charge in [-0.05, 0) is 43.2 Å². The highest BCUT2D eigenvalue weighted by molar-refractivity contribution is 5.78. The molecule has 0 spiro atoms. The average Bonchev–Trinajstić information content (AvgIpc) is 2.68. The smallest absolute Gasteiger partial charge is 0.236 e. The number of piperidine rings is 1. The molecule has 25 heavy (non-hydrogen) atoms. The SMILES string of the molecule is CC(NCC(=O)N1CCC(Cc2ccccc2)CC1)c1ccccc1. The quantitative estimate of drug-likeness (QED) is 0.870. The van der Waals surface area contributed by atoms with Crippen LogP contribution in [0.1, 0.15) is 36.9 Å². The lowest BCUT2D eigenvalue weighted by molar-refractivity contribution is -0.131. The highest BCUT2D eigenvalue weighted by Crippen LogP contribution is 2.21. The first-order chi connectivity index (χ1) is 12.2. The van der Waals surface area contributed by atoms with Crippen LogP contribution in [0.2, 0.25) is 0 Å². The Morgan fingerprint density at radius 2 is 1.64 bits per heavy atom. The predicted molar refractivity (Wildman–Crippen MR) is 102 cm³/mol. The summed E-state index contributed by atoms with van der Waals surface area (Å²) in [5.41, 5.74) is 2.63. The lowest BCUT2D eigenvalue weighted by Crippen LogP contribution is -2.43. The second-order valence-electron chi connectivity index (χ2n) is 7.03. The van der Waals surface area contributed by atoms with Crippen LogP contribution < -0.4 is 5.32 Å². The Hall–Kier alpha value is -2.13. The van der Waals surface area contributed by atoms with Gasteiger partial charge in [0.05, 0.1) is 6.54 Å². The Kier molecular flexibility index (Phi) is 6.24. The van der Waals surface area contributed by atoms with Crippen molar-refractivity contribution in [3.8, 4) is 0 Å². The summed E-state index contributed by atoms with van der Waals surface area (Å²) in [5.74, 6) is 0.920. The summed E-state index contributed by atoms with van der Waals surface area (Å²) in [6, 6.07) is 21.1. The summed E-state index contributed by atoms with van der Waals surface area (Å²) in [6.07, 6.45) is 3.34. The van der Waals surface area contributed by atoms with Gasteiger partial charge in [0.2, 0.25) is 5.91 Å². The van der Waals surface area contributed by atoms with Crippen molar-refractivity contribution in [3.63, 3.8) is 0 Å². The molecule has 0 bridgehead atoms. The minimum absolute atomic E-state index is 0.195. The Labute approximate surface area is 151 Å². The van der Waals surface area contributed by atoms with Crippen LogP contribution in [0.15, 0.2) is 60.7 Å². The molecule has 1 N–H and O–H groups in total. The molecule has 1 fully saturated rings. The number of hydrogen-bond donors (Lipinski definition) is 1. The largest absolute Gasteiger partial charge is 0.342 e. The second kappa shape index (κ2) is 8.82. The van der Waals surface area contributed by atoms with Gasteiger partial charge in [0.1, 0.15) is 0 Å². The number of carbonyl (C=O) groups is 1. The van der Waals surface area contributed by atoms with Gasteiger partial charge in [-0.3, -0.25) is 4.79 Å². The van der Waals surface area contributed by atoms with Crippen LogP contribution in [0.4, 0.5) is 0 Å². The van der Waals surface area contributed by atoms with E-state index in [0.29, 0.717) is 12.5 Å². The highest BCUT2D eigenvalue weighted by Gasteiger charge is 2.23. The summed E-state index contributed by atoms with van der Waals surface area (Å²) in [4.78, 5) is 14.5. The van der Waals surface area contributed by atoms with Crippen molar-refractivity contribution in [2.75, 3.05) is 19.6 Å². The molecule has 3 heteroatoms. The summed E-state index contributed by atoms with van der Waals surface area (Å²) in [6.45, 7) is 4.30. The van der Waals surface area contributed by atoms with E-state index < -0.39 is 0 Å². The third-order valence-corrected chi connectivity index (χ3v) is 5.19. The van der Waals surface area contributed by atoms with Crippen LogP contribution in [-0.4, -0.2) is 30.4 Å². The molecule has 132 valence electrons. The van der Waals surface area contributed by atoms with Crippen molar-refractivity contribution in [1.29, 1.82) is 0 Å². The maximum Gasteiger partial charge on any atom is 0.236 e. The molecule has 1 saturated heterocycles. The van der Waals surface area contributed by atoms with Gasteiger partial charge in [-0.2, -0.15) is 0 Å². The van der Waals surface area contributed by atoms with Crippen molar-refractivity contribution >= 4 is 5.91 Å². The molecule has 2 aromatic carbocycles. The normalized spacial score (nSPS) is 16.6. The third kappa shape index (κ3) is 5.17. The van der Waals surface area contributed by atoms with Gasteiger partial charge < -0.3 is 10.2 Å². The summed E-state index contributed by atoms with van der Waals surface area (Å²) in [7, 11) is 0. The topological polar surface area (TPSA) is 32.3 Å². The maximum absolute atomic E-state index is 12.5. The zero-order chi connectivity index (χ0) is 17.5. The van der Waals surface area contributed by atoms with Crippen LogP contribution in [-0.2, 0) is 11.2 Å². The first-order valence-electron chi connectivity index (χ1n) is 9.32. The van der Waals surface area contributed by atoms with E-state index in [1.165, 1.54) is 11.1 Å². The Balaban J connectivity index is 1.41. The number of rotatable bonds is 6. The highest BCUT2D eigenvalue weighted by atomic mass is 16.2. The van der Waals surface area contributed by atoms with E-state index in [0.717, 1.165) is 32.4 Å². The fourth-order valence-electron chi connectivity index (χ4n) is 3.55. The van der Waals surface area contributed by atoms with Gasteiger partial charge in [0.25, 0.3) is 0 Å². The monoisotopic (exact) mass is 336 g/mol. The molecule has 1 amide bonds. The van der Waals surface area contributed by atoms with Crippen LogP contribution >= 0.6 is 0 Å². The predicted octanol–water partition coefficient (Wildman–Crippen LogP) is 3.82. The lowest BCUT2D eigenvalue weighted by atomic mass is 9.90. The van der Waals surface area contributed by atoms with Crippen molar-refractivity contribution in [2.45, 2.75) is 32.2 Å². The lowest BCUT2D eigenvalue weighted by Gasteiger charge is -2.32. The molecular formula is C22H28N2O. The molecule has 0 aromatic heterocycles. The molecule has 1 unspecified atom stereocenters. The minimum atomic E-state index is 0.195. The maximum atomic E-state index is 12.5. The van der Waals surface area contributed by atoms with E-state index in [1.54, 1.807) is 0 Å². The van der Waals surface area contributed by atoms with E-state index in [9.17, 15) is 4.79 Å². The van der Waals surface area contributed by atoms with Crippen LogP contribution in [0, 0.1) is 5.92 Å². The Morgan fingerprint density at radius 3 is 2.28 bits per heavy atom. The number of nitrogens with one attached hydrogen (secondary N) is 1. The summed E-state index contributed by atoms with van der Waals surface area (Å²) >= 11 is 0. The van der Waals surface area contributed by atoms with Crippen LogP contribution in [0.25, 0.3) is 0 Å². The van der Waals surface area contributed by atoms with E-state index in [-0.39, 0.29) is 11.9 Å². The molecule has 1 atom stereocenters. The Bertz CT molecular complexity index is 648. The van der Waals surface area contributed by atoms with Crippen LogP contribution in [0.5, 0.6) is 0 Å². The molecular weight excluding hydrogens is 308 g/mol. The summed E-state index contributed by atoms with van der Waals surface area (Å²) < 4.78 is 0. The van der Waals surface area contributed by atoms with Gasteiger partial charge in [0, 0.05) is 19.1 Å². The average molecular weight is 336 g/mol. The molecule has 1 heterocycles. The molecule has 2 aromatic rings. The number of hydrogen-bond acceptors (Lipinski definition) is 2. The molecule has 0 saturated carbocycles. The number of likely N-dealkylation sites (tertiary alicyclic amines) is 1.